The van der Waals surface area contributed by atoms with Crippen molar-refractivity contribution < 1.29 is 22.7 Å². The van der Waals surface area contributed by atoms with Gasteiger partial charge in [-0.3, -0.25) is 9.59 Å². The third-order valence-corrected chi connectivity index (χ3v) is 6.68. The zero-order valence-electron chi connectivity index (χ0n) is 17.8. The van der Waals surface area contributed by atoms with Crippen molar-refractivity contribution in [3.63, 3.8) is 0 Å². The third kappa shape index (κ3) is 5.93. The first-order chi connectivity index (χ1) is 13.5. The van der Waals surface area contributed by atoms with Crippen molar-refractivity contribution in [2.45, 2.75) is 44.6 Å². The number of amides is 2. The molecule has 1 heterocycles. The largest absolute Gasteiger partial charge is 0.483 e. The van der Waals surface area contributed by atoms with Crippen molar-refractivity contribution in [1.29, 1.82) is 0 Å². The summed E-state index contributed by atoms with van der Waals surface area (Å²) in [5.41, 5.74) is 0.628. The average Bonchev–Trinajstić information content (AvgIpc) is 2.66. The SMILES string of the molecule is Cc1cc(S(=O)(=O)N2CCC[C@@H](C(=O)NC(C)C)C2)ccc1OCC(=O)N(C)C. The first-order valence-electron chi connectivity index (χ1n) is 9.76. The minimum absolute atomic E-state index is 0.0176. The van der Waals surface area contributed by atoms with Crippen LogP contribution in [0.4, 0.5) is 0 Å². The summed E-state index contributed by atoms with van der Waals surface area (Å²) < 4.78 is 33.1. The number of carbonyl (C=O) groups is 2. The maximum atomic E-state index is 13.1. The molecule has 0 unspecified atom stereocenters. The zero-order valence-corrected chi connectivity index (χ0v) is 18.6. The number of ether oxygens (including phenoxy) is 1. The fraction of sp³-hybridized carbons (Fsp3) is 0.600. The number of likely N-dealkylation sites (N-methyl/N-ethyl adjacent to an activating group) is 1. The monoisotopic (exact) mass is 425 g/mol. The molecule has 1 aromatic rings. The third-order valence-electron chi connectivity index (χ3n) is 4.82. The van der Waals surface area contributed by atoms with Gasteiger partial charge in [0, 0.05) is 33.2 Å². The summed E-state index contributed by atoms with van der Waals surface area (Å²) in [6.07, 6.45) is 1.32. The van der Waals surface area contributed by atoms with Crippen LogP contribution < -0.4 is 10.1 Å². The Balaban J connectivity index is 2.13. The van der Waals surface area contributed by atoms with E-state index in [9.17, 15) is 18.0 Å². The molecule has 1 saturated heterocycles. The van der Waals surface area contributed by atoms with Crippen LogP contribution in [0.3, 0.4) is 0 Å². The number of aryl methyl sites for hydroxylation is 1. The lowest BCUT2D eigenvalue weighted by molar-refractivity contribution is -0.130. The van der Waals surface area contributed by atoms with Gasteiger partial charge in [-0.2, -0.15) is 4.31 Å². The van der Waals surface area contributed by atoms with E-state index in [4.69, 9.17) is 4.74 Å². The molecule has 2 amide bonds. The van der Waals surface area contributed by atoms with Crippen molar-refractivity contribution in [3.05, 3.63) is 23.8 Å². The highest BCUT2D eigenvalue weighted by Crippen LogP contribution is 2.27. The van der Waals surface area contributed by atoms with Crippen LogP contribution in [0.25, 0.3) is 0 Å². The minimum Gasteiger partial charge on any atom is -0.483 e. The molecule has 1 atom stereocenters. The molecule has 0 radical (unpaired) electrons. The zero-order chi connectivity index (χ0) is 21.8. The Morgan fingerprint density at radius 3 is 2.59 bits per heavy atom. The Kier molecular flexibility index (Phi) is 7.65. The number of piperidine rings is 1. The molecule has 2 rings (SSSR count). The number of hydrogen-bond acceptors (Lipinski definition) is 5. The first kappa shape index (κ1) is 23.2. The molecule has 1 aromatic carbocycles. The summed E-state index contributed by atoms with van der Waals surface area (Å²) in [6, 6.07) is 4.61. The Morgan fingerprint density at radius 1 is 1.31 bits per heavy atom. The second-order valence-corrected chi connectivity index (χ2v) is 9.81. The maximum Gasteiger partial charge on any atom is 0.259 e. The Morgan fingerprint density at radius 2 is 2.00 bits per heavy atom. The normalized spacial score (nSPS) is 17.8. The van der Waals surface area contributed by atoms with Crippen LogP contribution in [-0.4, -0.2) is 69.3 Å². The summed E-state index contributed by atoms with van der Waals surface area (Å²) in [7, 11) is -0.437. The van der Waals surface area contributed by atoms with E-state index in [0.29, 0.717) is 30.7 Å². The highest BCUT2D eigenvalue weighted by molar-refractivity contribution is 7.89. The maximum absolute atomic E-state index is 13.1. The van der Waals surface area contributed by atoms with Crippen LogP contribution in [0.2, 0.25) is 0 Å². The lowest BCUT2D eigenvalue weighted by Crippen LogP contribution is -2.46. The molecule has 29 heavy (non-hydrogen) atoms. The van der Waals surface area contributed by atoms with Gasteiger partial charge in [0.2, 0.25) is 15.9 Å². The molecule has 0 aromatic heterocycles. The van der Waals surface area contributed by atoms with Gasteiger partial charge in [0.25, 0.3) is 5.91 Å². The van der Waals surface area contributed by atoms with Gasteiger partial charge in [0.15, 0.2) is 6.61 Å². The predicted octanol–water partition coefficient (Wildman–Crippen LogP) is 1.39. The number of carbonyl (C=O) groups excluding carboxylic acids is 2. The van der Waals surface area contributed by atoms with Gasteiger partial charge >= 0.3 is 0 Å². The smallest absolute Gasteiger partial charge is 0.259 e. The summed E-state index contributed by atoms with van der Waals surface area (Å²) in [5.74, 6) is -0.167. The molecule has 8 nitrogen and oxygen atoms in total. The van der Waals surface area contributed by atoms with Gasteiger partial charge in [0.1, 0.15) is 5.75 Å². The van der Waals surface area contributed by atoms with Crippen LogP contribution in [0.5, 0.6) is 5.75 Å². The van der Waals surface area contributed by atoms with Gasteiger partial charge in [-0.15, -0.1) is 0 Å². The van der Waals surface area contributed by atoms with E-state index in [1.165, 1.54) is 15.3 Å². The van der Waals surface area contributed by atoms with Crippen LogP contribution in [-0.2, 0) is 19.6 Å². The summed E-state index contributed by atoms with van der Waals surface area (Å²) >= 11 is 0. The number of hydrogen-bond donors (Lipinski definition) is 1. The van der Waals surface area contributed by atoms with Gasteiger partial charge < -0.3 is 15.0 Å². The number of nitrogens with one attached hydrogen (secondary N) is 1. The molecule has 1 fully saturated rings. The highest BCUT2D eigenvalue weighted by atomic mass is 32.2. The average molecular weight is 426 g/mol. The van der Waals surface area contributed by atoms with E-state index in [0.717, 1.165) is 0 Å². The fourth-order valence-electron chi connectivity index (χ4n) is 3.14. The van der Waals surface area contributed by atoms with Crippen molar-refractivity contribution in [2.75, 3.05) is 33.8 Å². The van der Waals surface area contributed by atoms with Crippen LogP contribution in [0, 0.1) is 12.8 Å². The molecular weight excluding hydrogens is 394 g/mol. The van der Waals surface area contributed by atoms with Gasteiger partial charge in [0.05, 0.1) is 10.8 Å². The molecule has 162 valence electrons. The van der Waals surface area contributed by atoms with E-state index >= 15 is 0 Å². The van der Waals surface area contributed by atoms with E-state index in [2.05, 4.69) is 5.32 Å². The van der Waals surface area contributed by atoms with E-state index < -0.39 is 10.0 Å². The standard InChI is InChI=1S/C20H31N3O5S/c1-14(2)21-20(25)16-7-6-10-23(12-16)29(26,27)17-8-9-18(15(3)11-17)28-13-19(24)22(4)5/h8-9,11,14,16H,6-7,10,12-13H2,1-5H3,(H,21,25)/t16-/m1/s1. The van der Waals surface area contributed by atoms with E-state index in [1.54, 1.807) is 33.2 Å². The van der Waals surface area contributed by atoms with Crippen molar-refractivity contribution in [2.24, 2.45) is 5.92 Å². The first-order valence-corrected chi connectivity index (χ1v) is 11.2. The molecule has 1 aliphatic rings. The fourth-order valence-corrected chi connectivity index (χ4v) is 4.75. The minimum atomic E-state index is -3.72. The second kappa shape index (κ2) is 9.58. The summed E-state index contributed by atoms with van der Waals surface area (Å²) in [4.78, 5) is 25.6. The van der Waals surface area contributed by atoms with Gasteiger partial charge in [-0.05, 0) is 57.4 Å². The molecule has 0 saturated carbocycles. The molecule has 0 aliphatic carbocycles. The number of sulfonamides is 1. The van der Waals surface area contributed by atoms with E-state index in [1.807, 2.05) is 13.8 Å². The van der Waals surface area contributed by atoms with Crippen LogP contribution in [0.1, 0.15) is 32.3 Å². The number of rotatable bonds is 7. The van der Waals surface area contributed by atoms with Crippen LogP contribution in [0.15, 0.2) is 23.1 Å². The summed E-state index contributed by atoms with van der Waals surface area (Å²) in [6.45, 7) is 5.96. The van der Waals surface area contributed by atoms with Crippen molar-refractivity contribution in [3.8, 4) is 5.75 Å². The van der Waals surface area contributed by atoms with Crippen molar-refractivity contribution >= 4 is 21.8 Å². The van der Waals surface area contributed by atoms with Crippen molar-refractivity contribution in [1.82, 2.24) is 14.5 Å². The lowest BCUT2D eigenvalue weighted by atomic mass is 9.98. The molecule has 0 bridgehead atoms. The Labute approximate surface area is 173 Å². The lowest BCUT2D eigenvalue weighted by Gasteiger charge is -2.31. The van der Waals surface area contributed by atoms with Gasteiger partial charge in [-0.25, -0.2) is 8.42 Å². The molecule has 0 spiro atoms. The predicted molar refractivity (Wildman–Crippen MR) is 110 cm³/mol. The van der Waals surface area contributed by atoms with Crippen LogP contribution >= 0.6 is 0 Å². The highest BCUT2D eigenvalue weighted by Gasteiger charge is 2.33. The molecule has 1 N–H and O–H groups in total. The van der Waals surface area contributed by atoms with Gasteiger partial charge in [-0.1, -0.05) is 0 Å². The number of nitrogens with zero attached hydrogens (tertiary/aromatic N) is 2. The quantitative estimate of drug-likeness (QED) is 0.712. The second-order valence-electron chi connectivity index (χ2n) is 7.87. The molecule has 1 aliphatic heterocycles. The molecule has 9 heteroatoms. The van der Waals surface area contributed by atoms with E-state index in [-0.39, 0.29) is 41.8 Å². The number of benzene rings is 1. The summed E-state index contributed by atoms with van der Waals surface area (Å²) in [5, 5.41) is 2.86. The Bertz CT molecular complexity index is 852. The topological polar surface area (TPSA) is 96.0 Å². The Hall–Kier alpha value is -2.13. The molecular formula is C20H31N3O5S.